The minimum absolute atomic E-state index is 0.0773. The van der Waals surface area contributed by atoms with Gasteiger partial charge in [-0.25, -0.2) is 4.39 Å². The number of amides is 1. The maximum absolute atomic E-state index is 14.2. The molecule has 0 radical (unpaired) electrons. The van der Waals surface area contributed by atoms with Crippen molar-refractivity contribution in [3.63, 3.8) is 0 Å². The molecule has 0 bridgehead atoms. The van der Waals surface area contributed by atoms with Crippen LogP contribution in [0.2, 0.25) is 0 Å². The van der Waals surface area contributed by atoms with Gasteiger partial charge in [0.2, 0.25) is 0 Å². The number of rotatable bonds is 5. The molecule has 174 valence electrons. The molecule has 1 fully saturated rings. The monoisotopic (exact) mass is 468 g/mol. The van der Waals surface area contributed by atoms with Gasteiger partial charge in [0.15, 0.2) is 0 Å². The van der Waals surface area contributed by atoms with E-state index in [0.717, 1.165) is 10.8 Å². The number of methoxy groups -OCH3 is 1. The summed E-state index contributed by atoms with van der Waals surface area (Å²) >= 11 is 0. The number of carbonyl (C=O) groups is 2. The zero-order valence-electron chi connectivity index (χ0n) is 18.8. The number of Topliss-reactive ketones (excluding diaryl/α,β-unsaturated/α-hetero) is 1. The summed E-state index contributed by atoms with van der Waals surface area (Å²) in [6.45, 7) is 0.0773. The third kappa shape index (κ3) is 4.12. The Morgan fingerprint density at radius 2 is 1.83 bits per heavy atom. The van der Waals surface area contributed by atoms with E-state index in [9.17, 15) is 19.1 Å². The van der Waals surface area contributed by atoms with Crippen molar-refractivity contribution in [2.24, 2.45) is 0 Å². The van der Waals surface area contributed by atoms with Crippen LogP contribution in [0.15, 0.2) is 90.8 Å². The summed E-state index contributed by atoms with van der Waals surface area (Å²) in [5.74, 6) is -1.72. The first kappa shape index (κ1) is 22.3. The molecule has 1 aliphatic heterocycles. The van der Waals surface area contributed by atoms with Gasteiger partial charge in [-0.3, -0.25) is 14.6 Å². The van der Waals surface area contributed by atoms with Crippen LogP contribution in [0, 0.1) is 5.82 Å². The van der Waals surface area contributed by atoms with Crippen LogP contribution in [-0.2, 0) is 16.1 Å². The lowest BCUT2D eigenvalue weighted by molar-refractivity contribution is -0.140. The van der Waals surface area contributed by atoms with E-state index in [2.05, 4.69) is 4.98 Å². The van der Waals surface area contributed by atoms with Gasteiger partial charge in [0.05, 0.1) is 18.7 Å². The highest BCUT2D eigenvalue weighted by Crippen LogP contribution is 2.40. The van der Waals surface area contributed by atoms with Gasteiger partial charge in [0, 0.05) is 24.5 Å². The highest BCUT2D eigenvalue weighted by Gasteiger charge is 2.46. The summed E-state index contributed by atoms with van der Waals surface area (Å²) in [6.07, 6.45) is 3.20. The second-order valence-corrected chi connectivity index (χ2v) is 8.27. The van der Waals surface area contributed by atoms with Crippen molar-refractivity contribution in [1.82, 2.24) is 9.88 Å². The van der Waals surface area contributed by atoms with E-state index in [1.165, 1.54) is 23.1 Å². The minimum Gasteiger partial charge on any atom is -0.507 e. The standard InChI is InChI=1S/C28H21FN2O4/c1-35-23-10-9-18-12-21(8-7-19(18)14-23)26(32)24-25(20-5-2-6-22(29)13-20)31(28(34)27(24)33)16-17-4-3-11-30-15-17/h2-15,25,32H,16H2,1H3/b26-24+. The first-order valence-electron chi connectivity index (χ1n) is 11.0. The molecule has 6 nitrogen and oxygen atoms in total. The Morgan fingerprint density at radius 3 is 2.57 bits per heavy atom. The van der Waals surface area contributed by atoms with E-state index < -0.39 is 23.5 Å². The van der Waals surface area contributed by atoms with Crippen LogP contribution in [0.25, 0.3) is 16.5 Å². The molecule has 1 unspecified atom stereocenters. The number of pyridine rings is 1. The molecular formula is C28H21FN2O4. The van der Waals surface area contributed by atoms with Gasteiger partial charge in [-0.05, 0) is 58.3 Å². The van der Waals surface area contributed by atoms with Crippen LogP contribution in [-0.4, -0.2) is 33.8 Å². The zero-order valence-corrected chi connectivity index (χ0v) is 18.8. The quantitative estimate of drug-likeness (QED) is 0.253. The van der Waals surface area contributed by atoms with E-state index >= 15 is 0 Å². The van der Waals surface area contributed by atoms with Gasteiger partial charge < -0.3 is 14.7 Å². The predicted molar refractivity (Wildman–Crippen MR) is 129 cm³/mol. The van der Waals surface area contributed by atoms with Crippen LogP contribution in [0.1, 0.15) is 22.7 Å². The first-order chi connectivity index (χ1) is 17.0. The summed E-state index contributed by atoms with van der Waals surface area (Å²) in [5.41, 5.74) is 1.39. The predicted octanol–water partition coefficient (Wildman–Crippen LogP) is 5.00. The van der Waals surface area contributed by atoms with E-state index in [-0.39, 0.29) is 17.9 Å². The fourth-order valence-corrected chi connectivity index (χ4v) is 4.41. The number of benzene rings is 3. The molecule has 0 aliphatic carbocycles. The second kappa shape index (κ2) is 9.02. The summed E-state index contributed by atoms with van der Waals surface area (Å²) < 4.78 is 19.4. The fourth-order valence-electron chi connectivity index (χ4n) is 4.41. The Kier molecular flexibility index (Phi) is 5.74. The van der Waals surface area contributed by atoms with Gasteiger partial charge in [-0.1, -0.05) is 36.4 Å². The van der Waals surface area contributed by atoms with Crippen molar-refractivity contribution < 1.29 is 23.8 Å². The largest absolute Gasteiger partial charge is 0.507 e. The number of hydrogen-bond acceptors (Lipinski definition) is 5. The summed E-state index contributed by atoms with van der Waals surface area (Å²) in [4.78, 5) is 31.7. The molecule has 0 saturated carbocycles. The average Bonchev–Trinajstić information content (AvgIpc) is 3.13. The Bertz CT molecular complexity index is 1480. The molecule has 1 amide bonds. The molecule has 4 aromatic rings. The van der Waals surface area contributed by atoms with Crippen molar-refractivity contribution in [3.05, 3.63) is 113 Å². The SMILES string of the molecule is COc1ccc2cc(/C(O)=C3\C(=O)C(=O)N(Cc4cccnc4)C3c3cccc(F)c3)ccc2c1. The second-order valence-electron chi connectivity index (χ2n) is 8.27. The fraction of sp³-hybridized carbons (Fsp3) is 0.107. The third-order valence-electron chi connectivity index (χ3n) is 6.10. The molecule has 1 saturated heterocycles. The zero-order chi connectivity index (χ0) is 24.5. The number of hydrogen-bond donors (Lipinski definition) is 1. The number of ether oxygens (including phenoxy) is 1. The van der Waals surface area contributed by atoms with Crippen molar-refractivity contribution >= 4 is 28.2 Å². The number of aliphatic hydroxyl groups is 1. The Hall–Kier alpha value is -4.52. The third-order valence-corrected chi connectivity index (χ3v) is 6.10. The number of likely N-dealkylation sites (tertiary alicyclic amines) is 1. The maximum atomic E-state index is 14.2. The summed E-state index contributed by atoms with van der Waals surface area (Å²) in [5, 5.41) is 13.0. The number of carbonyl (C=O) groups excluding carboxylic acids is 2. The van der Waals surface area contributed by atoms with Gasteiger partial charge in [0.1, 0.15) is 17.3 Å². The molecular weight excluding hydrogens is 447 g/mol. The maximum Gasteiger partial charge on any atom is 0.295 e. The number of fused-ring (bicyclic) bond motifs is 1. The van der Waals surface area contributed by atoms with E-state index in [1.807, 2.05) is 12.1 Å². The summed E-state index contributed by atoms with van der Waals surface area (Å²) in [6, 6.07) is 19.0. The smallest absolute Gasteiger partial charge is 0.295 e. The average molecular weight is 468 g/mol. The van der Waals surface area contributed by atoms with Gasteiger partial charge in [-0.2, -0.15) is 0 Å². The van der Waals surface area contributed by atoms with Crippen LogP contribution >= 0.6 is 0 Å². The number of halogens is 1. The Morgan fingerprint density at radius 1 is 1.03 bits per heavy atom. The molecule has 3 aromatic carbocycles. The molecule has 1 atom stereocenters. The minimum atomic E-state index is -0.961. The van der Waals surface area contributed by atoms with Gasteiger partial charge in [-0.15, -0.1) is 0 Å². The van der Waals surface area contributed by atoms with Crippen molar-refractivity contribution in [3.8, 4) is 5.75 Å². The van der Waals surface area contributed by atoms with Crippen molar-refractivity contribution in [2.45, 2.75) is 12.6 Å². The molecule has 0 spiro atoms. The number of nitrogens with zero attached hydrogens (tertiary/aromatic N) is 2. The van der Waals surface area contributed by atoms with Gasteiger partial charge >= 0.3 is 0 Å². The number of aliphatic hydroxyl groups excluding tert-OH is 1. The molecule has 1 aliphatic rings. The van der Waals surface area contributed by atoms with E-state index in [0.29, 0.717) is 22.4 Å². The highest BCUT2D eigenvalue weighted by atomic mass is 19.1. The normalized spacial score (nSPS) is 17.2. The molecule has 7 heteroatoms. The molecule has 35 heavy (non-hydrogen) atoms. The topological polar surface area (TPSA) is 79.7 Å². The van der Waals surface area contributed by atoms with Crippen LogP contribution in [0.3, 0.4) is 0 Å². The van der Waals surface area contributed by atoms with E-state index in [1.54, 1.807) is 62.0 Å². The molecule has 1 N–H and O–H groups in total. The lowest BCUT2D eigenvalue weighted by Gasteiger charge is -2.25. The molecule has 2 heterocycles. The van der Waals surface area contributed by atoms with E-state index in [4.69, 9.17) is 4.74 Å². The summed E-state index contributed by atoms with van der Waals surface area (Å²) in [7, 11) is 1.58. The molecule has 5 rings (SSSR count). The molecule has 1 aromatic heterocycles. The van der Waals surface area contributed by atoms with Crippen molar-refractivity contribution in [2.75, 3.05) is 7.11 Å². The first-order valence-corrected chi connectivity index (χ1v) is 11.0. The van der Waals surface area contributed by atoms with Crippen LogP contribution in [0.5, 0.6) is 5.75 Å². The lowest BCUT2D eigenvalue weighted by atomic mass is 9.94. The van der Waals surface area contributed by atoms with Gasteiger partial charge in [0.25, 0.3) is 11.7 Å². The Balaban J connectivity index is 1.65. The highest BCUT2D eigenvalue weighted by molar-refractivity contribution is 6.46. The van der Waals surface area contributed by atoms with Crippen LogP contribution < -0.4 is 4.74 Å². The number of aromatic nitrogens is 1. The lowest BCUT2D eigenvalue weighted by Crippen LogP contribution is -2.29. The van der Waals surface area contributed by atoms with Crippen molar-refractivity contribution in [1.29, 1.82) is 0 Å². The van der Waals surface area contributed by atoms with Crippen LogP contribution in [0.4, 0.5) is 4.39 Å². The number of ketones is 1. The Labute approximate surface area is 200 Å².